The van der Waals surface area contributed by atoms with Gasteiger partial charge in [-0.1, -0.05) is 56.8 Å². The van der Waals surface area contributed by atoms with Crippen LogP contribution in [-0.4, -0.2) is 33.4 Å². The second-order valence-electron chi connectivity index (χ2n) is 7.51. The van der Waals surface area contributed by atoms with Crippen molar-refractivity contribution in [1.29, 1.82) is 0 Å². The Hall–Kier alpha value is -2.60. The number of hydrogen-bond acceptors (Lipinski definition) is 5. The highest BCUT2D eigenvalue weighted by molar-refractivity contribution is 7.99. The molecule has 0 unspecified atom stereocenters. The first kappa shape index (κ1) is 17.8. The highest BCUT2D eigenvalue weighted by atomic mass is 32.2. The number of rotatable bonds is 3. The smallest absolute Gasteiger partial charge is 0.212 e. The summed E-state index contributed by atoms with van der Waals surface area (Å²) >= 11 is 1.65. The van der Waals surface area contributed by atoms with Crippen LogP contribution in [-0.2, 0) is 5.41 Å². The standard InChI is InChI=1S/C21H22N4OS/c1-21(2,3)16-9-5-15(6-10-16)19-22-23-20-25(19)24-18(13-27-20)14-7-11-17(26-4)12-8-14/h5-12H,13H2,1-4H3. The van der Waals surface area contributed by atoms with Crippen molar-refractivity contribution in [3.05, 3.63) is 59.7 Å². The number of fused-ring (bicyclic) bond motifs is 1. The van der Waals surface area contributed by atoms with E-state index in [0.717, 1.165) is 39.3 Å². The summed E-state index contributed by atoms with van der Waals surface area (Å²) in [6.07, 6.45) is 0. The largest absolute Gasteiger partial charge is 0.497 e. The molecule has 1 aromatic heterocycles. The van der Waals surface area contributed by atoms with Gasteiger partial charge in [-0.3, -0.25) is 0 Å². The van der Waals surface area contributed by atoms with Gasteiger partial charge in [0.05, 0.1) is 12.8 Å². The molecule has 0 amide bonds. The van der Waals surface area contributed by atoms with Gasteiger partial charge in [-0.25, -0.2) is 0 Å². The third-order valence-corrected chi connectivity index (χ3v) is 5.53. The molecule has 2 heterocycles. The van der Waals surface area contributed by atoms with E-state index in [1.54, 1.807) is 18.9 Å². The van der Waals surface area contributed by atoms with Gasteiger partial charge >= 0.3 is 0 Å². The number of hydrogen-bond donors (Lipinski definition) is 0. The van der Waals surface area contributed by atoms with Gasteiger partial charge in [-0.2, -0.15) is 9.78 Å². The summed E-state index contributed by atoms with van der Waals surface area (Å²) in [7, 11) is 1.67. The molecule has 27 heavy (non-hydrogen) atoms. The molecule has 1 aliphatic rings. The topological polar surface area (TPSA) is 52.3 Å². The first-order chi connectivity index (χ1) is 13.0. The average molecular weight is 379 g/mol. The number of thioether (sulfide) groups is 1. The van der Waals surface area contributed by atoms with Crippen molar-refractivity contribution in [3.8, 4) is 17.1 Å². The molecule has 0 saturated carbocycles. The van der Waals surface area contributed by atoms with Gasteiger partial charge in [0, 0.05) is 11.3 Å². The Labute approximate surface area is 163 Å². The molecular formula is C21H22N4OS. The number of benzene rings is 2. The molecule has 0 atom stereocenters. The minimum atomic E-state index is 0.123. The van der Waals surface area contributed by atoms with Crippen LogP contribution in [0.25, 0.3) is 11.4 Å². The normalized spacial score (nSPS) is 13.9. The van der Waals surface area contributed by atoms with Gasteiger partial charge < -0.3 is 4.74 Å². The first-order valence-electron chi connectivity index (χ1n) is 8.87. The fourth-order valence-electron chi connectivity index (χ4n) is 2.95. The van der Waals surface area contributed by atoms with Crippen LogP contribution >= 0.6 is 11.8 Å². The zero-order valence-electron chi connectivity index (χ0n) is 15.9. The van der Waals surface area contributed by atoms with Crippen LogP contribution in [0, 0.1) is 0 Å². The maximum atomic E-state index is 5.24. The van der Waals surface area contributed by atoms with Crippen molar-refractivity contribution in [2.75, 3.05) is 12.9 Å². The number of nitrogens with zero attached hydrogens (tertiary/aromatic N) is 4. The van der Waals surface area contributed by atoms with E-state index in [1.807, 2.05) is 28.9 Å². The molecule has 2 aromatic carbocycles. The molecule has 1 aliphatic heterocycles. The molecule has 3 aromatic rings. The Kier molecular flexibility index (Phi) is 4.52. The van der Waals surface area contributed by atoms with Crippen molar-refractivity contribution < 1.29 is 4.74 Å². The van der Waals surface area contributed by atoms with E-state index in [1.165, 1.54) is 5.56 Å². The minimum Gasteiger partial charge on any atom is -0.497 e. The maximum Gasteiger partial charge on any atom is 0.212 e. The summed E-state index contributed by atoms with van der Waals surface area (Å²) in [5, 5.41) is 14.3. The highest BCUT2D eigenvalue weighted by Crippen LogP contribution is 2.30. The van der Waals surface area contributed by atoms with E-state index in [9.17, 15) is 0 Å². The zero-order valence-corrected chi connectivity index (χ0v) is 16.7. The summed E-state index contributed by atoms with van der Waals surface area (Å²) in [6.45, 7) is 6.63. The van der Waals surface area contributed by atoms with Crippen molar-refractivity contribution >= 4 is 17.5 Å². The predicted octanol–water partition coefficient (Wildman–Crippen LogP) is 4.61. The van der Waals surface area contributed by atoms with Gasteiger partial charge in [0.15, 0.2) is 5.82 Å². The van der Waals surface area contributed by atoms with Crippen LogP contribution in [0.2, 0.25) is 0 Å². The molecule has 0 radical (unpaired) electrons. The molecule has 0 saturated heterocycles. The van der Waals surface area contributed by atoms with Crippen LogP contribution in [0.1, 0.15) is 31.9 Å². The van der Waals surface area contributed by atoms with E-state index in [0.29, 0.717) is 0 Å². The Morgan fingerprint density at radius 3 is 2.22 bits per heavy atom. The number of aromatic nitrogens is 3. The van der Waals surface area contributed by atoms with Gasteiger partial charge in [0.25, 0.3) is 0 Å². The number of ether oxygens (including phenoxy) is 1. The molecule has 0 N–H and O–H groups in total. The molecule has 0 aliphatic carbocycles. The first-order valence-corrected chi connectivity index (χ1v) is 9.86. The molecule has 0 fully saturated rings. The van der Waals surface area contributed by atoms with Gasteiger partial charge in [-0.15, -0.1) is 10.2 Å². The van der Waals surface area contributed by atoms with E-state index in [-0.39, 0.29) is 5.41 Å². The fraction of sp³-hybridized carbons (Fsp3) is 0.286. The molecule has 0 bridgehead atoms. The Morgan fingerprint density at radius 2 is 1.59 bits per heavy atom. The third-order valence-electron chi connectivity index (χ3n) is 4.60. The fourth-order valence-corrected chi connectivity index (χ4v) is 3.79. The van der Waals surface area contributed by atoms with Crippen LogP contribution in [0.4, 0.5) is 0 Å². The van der Waals surface area contributed by atoms with Crippen LogP contribution in [0.3, 0.4) is 0 Å². The summed E-state index contributed by atoms with van der Waals surface area (Å²) in [5.74, 6) is 2.38. The molecule has 4 rings (SSSR count). The minimum absolute atomic E-state index is 0.123. The van der Waals surface area contributed by atoms with Crippen LogP contribution in [0.15, 0.2) is 58.8 Å². The van der Waals surface area contributed by atoms with E-state index in [2.05, 4.69) is 55.2 Å². The summed E-state index contributed by atoms with van der Waals surface area (Å²) in [5.41, 5.74) is 4.51. The quantitative estimate of drug-likeness (QED) is 0.668. The van der Waals surface area contributed by atoms with Gasteiger partial charge in [0.1, 0.15) is 5.75 Å². The Balaban J connectivity index is 1.69. The van der Waals surface area contributed by atoms with Crippen molar-refractivity contribution in [1.82, 2.24) is 14.9 Å². The SMILES string of the molecule is COc1ccc(C2=Nn3c(nnc3-c3ccc(C(C)(C)C)cc3)SC2)cc1. The highest BCUT2D eigenvalue weighted by Gasteiger charge is 2.21. The molecule has 0 spiro atoms. The average Bonchev–Trinajstić information content (AvgIpc) is 3.10. The summed E-state index contributed by atoms with van der Waals surface area (Å²) < 4.78 is 7.09. The third kappa shape index (κ3) is 3.49. The lowest BCUT2D eigenvalue weighted by Gasteiger charge is -2.19. The van der Waals surface area contributed by atoms with Crippen molar-refractivity contribution in [3.63, 3.8) is 0 Å². The lowest BCUT2D eigenvalue weighted by Crippen LogP contribution is -2.14. The maximum absolute atomic E-state index is 5.24. The molecule has 138 valence electrons. The van der Waals surface area contributed by atoms with Crippen LogP contribution in [0.5, 0.6) is 5.75 Å². The molecule has 5 nitrogen and oxygen atoms in total. The van der Waals surface area contributed by atoms with Gasteiger partial charge in [0.2, 0.25) is 5.16 Å². The summed E-state index contributed by atoms with van der Waals surface area (Å²) in [4.78, 5) is 0. The second-order valence-corrected chi connectivity index (χ2v) is 8.45. The van der Waals surface area contributed by atoms with E-state index < -0.39 is 0 Å². The predicted molar refractivity (Wildman–Crippen MR) is 110 cm³/mol. The Bertz CT molecular complexity index is 983. The van der Waals surface area contributed by atoms with E-state index >= 15 is 0 Å². The number of methoxy groups -OCH3 is 1. The molecule has 6 heteroatoms. The second kappa shape index (κ2) is 6.85. The van der Waals surface area contributed by atoms with Gasteiger partial charge in [-0.05, 0) is 40.8 Å². The van der Waals surface area contributed by atoms with Crippen LogP contribution < -0.4 is 4.74 Å². The Morgan fingerprint density at radius 1 is 0.926 bits per heavy atom. The zero-order chi connectivity index (χ0) is 19.0. The molecular weight excluding hydrogens is 356 g/mol. The monoisotopic (exact) mass is 378 g/mol. The lowest BCUT2D eigenvalue weighted by molar-refractivity contribution is 0.415. The van der Waals surface area contributed by atoms with Crippen molar-refractivity contribution in [2.24, 2.45) is 5.10 Å². The lowest BCUT2D eigenvalue weighted by atomic mass is 9.87. The van der Waals surface area contributed by atoms with E-state index in [4.69, 9.17) is 9.84 Å². The summed E-state index contributed by atoms with van der Waals surface area (Å²) in [6, 6.07) is 16.5. The van der Waals surface area contributed by atoms with Crippen molar-refractivity contribution in [2.45, 2.75) is 31.3 Å².